The zero-order valence-electron chi connectivity index (χ0n) is 16.9. The molecule has 1 N–H and O–H groups in total. The largest absolute Gasteiger partial charge is 0.497 e. The van der Waals surface area contributed by atoms with Crippen molar-refractivity contribution >= 4 is 11.6 Å². The molecule has 5 heteroatoms. The predicted octanol–water partition coefficient (Wildman–Crippen LogP) is 5.23. The molecular formula is C24H25NO4. The van der Waals surface area contributed by atoms with Gasteiger partial charge in [0.05, 0.1) is 13.7 Å². The zero-order valence-corrected chi connectivity index (χ0v) is 16.9. The molecule has 3 rings (SSSR count). The summed E-state index contributed by atoms with van der Waals surface area (Å²) in [6.07, 6.45) is 0. The maximum Gasteiger partial charge on any atom is 0.255 e. The van der Waals surface area contributed by atoms with Crippen LogP contribution >= 0.6 is 0 Å². The number of hydrogen-bond acceptors (Lipinski definition) is 4. The second kappa shape index (κ2) is 9.64. The van der Waals surface area contributed by atoms with E-state index >= 15 is 0 Å². The molecule has 0 spiro atoms. The number of hydrogen-bond donors (Lipinski definition) is 1. The number of aryl methyl sites for hydroxylation is 1. The number of rotatable bonds is 8. The maximum atomic E-state index is 12.7. The molecule has 0 saturated carbocycles. The Bertz CT molecular complexity index is 984. The number of ether oxygens (including phenoxy) is 3. The number of para-hydroxylation sites is 1. The van der Waals surface area contributed by atoms with Crippen LogP contribution in [0.2, 0.25) is 0 Å². The lowest BCUT2D eigenvalue weighted by molar-refractivity contribution is 0.102. The smallest absolute Gasteiger partial charge is 0.255 e. The number of methoxy groups -OCH3 is 1. The quantitative estimate of drug-likeness (QED) is 0.571. The lowest BCUT2D eigenvalue weighted by atomic mass is 10.1. The monoisotopic (exact) mass is 391 g/mol. The second-order valence-corrected chi connectivity index (χ2v) is 6.50. The molecule has 0 aromatic heterocycles. The molecule has 29 heavy (non-hydrogen) atoms. The molecular weight excluding hydrogens is 366 g/mol. The molecule has 0 bridgehead atoms. The zero-order chi connectivity index (χ0) is 20.6. The molecule has 0 aliphatic rings. The highest BCUT2D eigenvalue weighted by Crippen LogP contribution is 2.25. The van der Waals surface area contributed by atoms with Gasteiger partial charge < -0.3 is 19.5 Å². The van der Waals surface area contributed by atoms with Crippen LogP contribution in [0.3, 0.4) is 0 Å². The number of carbonyl (C=O) groups is 1. The highest BCUT2D eigenvalue weighted by molar-refractivity contribution is 6.04. The number of benzene rings is 3. The maximum absolute atomic E-state index is 12.7. The van der Waals surface area contributed by atoms with Crippen LogP contribution in [0.1, 0.15) is 28.4 Å². The van der Waals surface area contributed by atoms with Crippen LogP contribution in [0.5, 0.6) is 17.2 Å². The third kappa shape index (κ3) is 5.29. The van der Waals surface area contributed by atoms with Gasteiger partial charge in [-0.05, 0) is 55.8 Å². The Morgan fingerprint density at radius 2 is 1.76 bits per heavy atom. The minimum Gasteiger partial charge on any atom is -0.497 e. The van der Waals surface area contributed by atoms with Crippen LogP contribution in [-0.4, -0.2) is 19.6 Å². The van der Waals surface area contributed by atoms with Crippen LogP contribution in [0.4, 0.5) is 5.69 Å². The van der Waals surface area contributed by atoms with E-state index < -0.39 is 0 Å². The first-order valence-electron chi connectivity index (χ1n) is 9.50. The van der Waals surface area contributed by atoms with Gasteiger partial charge in [0.15, 0.2) is 0 Å². The van der Waals surface area contributed by atoms with Crippen molar-refractivity contribution in [3.63, 3.8) is 0 Å². The minimum atomic E-state index is -0.210. The second-order valence-electron chi connectivity index (χ2n) is 6.50. The van der Waals surface area contributed by atoms with E-state index in [0.717, 1.165) is 16.9 Å². The van der Waals surface area contributed by atoms with E-state index in [1.54, 1.807) is 31.4 Å². The van der Waals surface area contributed by atoms with Gasteiger partial charge in [-0.1, -0.05) is 24.3 Å². The molecule has 0 fully saturated rings. The molecule has 3 aromatic rings. The number of amides is 1. The van der Waals surface area contributed by atoms with E-state index in [4.69, 9.17) is 14.2 Å². The fourth-order valence-corrected chi connectivity index (χ4v) is 2.91. The molecule has 0 radical (unpaired) electrons. The van der Waals surface area contributed by atoms with Crippen molar-refractivity contribution in [2.24, 2.45) is 0 Å². The van der Waals surface area contributed by atoms with Crippen molar-refractivity contribution in [3.8, 4) is 17.2 Å². The summed E-state index contributed by atoms with van der Waals surface area (Å²) in [5.74, 6) is 1.99. The van der Waals surface area contributed by atoms with Gasteiger partial charge in [-0.25, -0.2) is 0 Å². The first-order chi connectivity index (χ1) is 14.1. The van der Waals surface area contributed by atoms with E-state index in [1.165, 1.54) is 0 Å². The molecule has 3 aromatic carbocycles. The number of nitrogens with one attached hydrogen (secondary N) is 1. The van der Waals surface area contributed by atoms with E-state index in [-0.39, 0.29) is 5.91 Å². The number of carbonyl (C=O) groups excluding carboxylic acids is 1. The first kappa shape index (κ1) is 20.3. The molecule has 5 nitrogen and oxygen atoms in total. The summed E-state index contributed by atoms with van der Waals surface area (Å²) in [6, 6.07) is 20.4. The van der Waals surface area contributed by atoms with E-state index in [1.807, 2.05) is 56.3 Å². The van der Waals surface area contributed by atoms with Gasteiger partial charge in [-0.3, -0.25) is 4.79 Å². The van der Waals surface area contributed by atoms with Crippen LogP contribution in [0.25, 0.3) is 0 Å². The van der Waals surface area contributed by atoms with Crippen molar-refractivity contribution in [3.05, 3.63) is 83.4 Å². The van der Waals surface area contributed by atoms with E-state index in [9.17, 15) is 4.79 Å². The summed E-state index contributed by atoms with van der Waals surface area (Å²) in [5, 5.41) is 2.89. The lowest BCUT2D eigenvalue weighted by Crippen LogP contribution is -2.13. The minimum absolute atomic E-state index is 0.210. The average Bonchev–Trinajstić information content (AvgIpc) is 2.74. The van der Waals surface area contributed by atoms with E-state index in [0.29, 0.717) is 36.0 Å². The number of anilines is 1. The van der Waals surface area contributed by atoms with Gasteiger partial charge in [-0.2, -0.15) is 0 Å². The average molecular weight is 391 g/mol. The Morgan fingerprint density at radius 3 is 2.52 bits per heavy atom. The highest BCUT2D eigenvalue weighted by Gasteiger charge is 2.12. The summed E-state index contributed by atoms with van der Waals surface area (Å²) in [6.45, 7) is 4.76. The van der Waals surface area contributed by atoms with Crippen LogP contribution < -0.4 is 19.5 Å². The van der Waals surface area contributed by atoms with Gasteiger partial charge in [0.1, 0.15) is 23.9 Å². The highest BCUT2D eigenvalue weighted by atomic mass is 16.5. The van der Waals surface area contributed by atoms with Gasteiger partial charge in [0.2, 0.25) is 0 Å². The summed E-state index contributed by atoms with van der Waals surface area (Å²) < 4.78 is 16.9. The third-order valence-electron chi connectivity index (χ3n) is 4.43. The Balaban J connectivity index is 1.79. The standard InChI is InChI=1S/C24H25NO4/c1-4-28-23-13-12-18(24(26)25-20-9-7-10-21(15-20)27-3)14-19(23)16-29-22-11-6-5-8-17(22)2/h5-15H,4,16H2,1-3H3,(H,25,26). The SMILES string of the molecule is CCOc1ccc(C(=O)Nc2cccc(OC)c2)cc1COc1ccccc1C. The Kier molecular flexibility index (Phi) is 6.74. The summed E-state index contributed by atoms with van der Waals surface area (Å²) >= 11 is 0. The van der Waals surface area contributed by atoms with Crippen LogP contribution in [-0.2, 0) is 6.61 Å². The molecule has 0 aliphatic heterocycles. The molecule has 0 heterocycles. The first-order valence-corrected chi connectivity index (χ1v) is 9.50. The predicted molar refractivity (Wildman–Crippen MR) is 114 cm³/mol. The van der Waals surface area contributed by atoms with Crippen LogP contribution in [0.15, 0.2) is 66.7 Å². The fraction of sp³-hybridized carbons (Fsp3) is 0.208. The Hall–Kier alpha value is -3.47. The van der Waals surface area contributed by atoms with Crippen molar-refractivity contribution in [2.45, 2.75) is 20.5 Å². The summed E-state index contributed by atoms with van der Waals surface area (Å²) in [7, 11) is 1.59. The topological polar surface area (TPSA) is 56.8 Å². The normalized spacial score (nSPS) is 10.3. The van der Waals surface area contributed by atoms with Crippen molar-refractivity contribution in [1.82, 2.24) is 0 Å². The fourth-order valence-electron chi connectivity index (χ4n) is 2.91. The molecule has 0 saturated heterocycles. The Morgan fingerprint density at radius 1 is 0.931 bits per heavy atom. The summed E-state index contributed by atoms with van der Waals surface area (Å²) in [5.41, 5.74) is 3.06. The molecule has 0 aliphatic carbocycles. The van der Waals surface area contributed by atoms with Crippen molar-refractivity contribution in [2.75, 3.05) is 19.0 Å². The third-order valence-corrected chi connectivity index (χ3v) is 4.43. The van der Waals surface area contributed by atoms with Crippen molar-refractivity contribution in [1.29, 1.82) is 0 Å². The van der Waals surface area contributed by atoms with Crippen molar-refractivity contribution < 1.29 is 19.0 Å². The van der Waals surface area contributed by atoms with E-state index in [2.05, 4.69) is 5.32 Å². The Labute approximate surface area is 171 Å². The van der Waals surface area contributed by atoms with Crippen LogP contribution in [0, 0.1) is 6.92 Å². The van der Waals surface area contributed by atoms with Gasteiger partial charge in [-0.15, -0.1) is 0 Å². The molecule has 0 unspecified atom stereocenters. The lowest BCUT2D eigenvalue weighted by Gasteiger charge is -2.14. The van der Waals surface area contributed by atoms with Gasteiger partial charge in [0, 0.05) is 22.9 Å². The van der Waals surface area contributed by atoms with Gasteiger partial charge >= 0.3 is 0 Å². The van der Waals surface area contributed by atoms with Gasteiger partial charge in [0.25, 0.3) is 5.91 Å². The summed E-state index contributed by atoms with van der Waals surface area (Å²) in [4.78, 5) is 12.7. The molecule has 0 atom stereocenters. The molecule has 150 valence electrons. The molecule has 1 amide bonds.